The molecule has 120 valence electrons. The van der Waals surface area contributed by atoms with Crippen LogP contribution >= 0.6 is 23.2 Å². The van der Waals surface area contributed by atoms with Gasteiger partial charge < -0.3 is 4.74 Å². The third-order valence-electron chi connectivity index (χ3n) is 3.52. The molecule has 1 unspecified atom stereocenters. The number of carbonyl (C=O) groups is 2. The van der Waals surface area contributed by atoms with Crippen LogP contribution in [0.25, 0.3) is 0 Å². The number of ether oxygens (including phenoxy) is 1. The second-order valence-electron chi connectivity index (χ2n) is 5.16. The van der Waals surface area contributed by atoms with Crippen molar-refractivity contribution in [3.05, 3.63) is 69.7 Å². The van der Waals surface area contributed by atoms with Crippen LogP contribution in [0.5, 0.6) is 0 Å². The van der Waals surface area contributed by atoms with Gasteiger partial charge in [-0.25, -0.2) is 0 Å². The van der Waals surface area contributed by atoms with E-state index in [4.69, 9.17) is 27.9 Å². The first kappa shape index (κ1) is 17.5. The van der Waals surface area contributed by atoms with Gasteiger partial charge in [0, 0.05) is 17.0 Å². The van der Waals surface area contributed by atoms with Crippen molar-refractivity contribution in [1.82, 2.24) is 0 Å². The smallest absolute Gasteiger partial charge is 0.309 e. The summed E-state index contributed by atoms with van der Waals surface area (Å²) in [6.45, 7) is 0. The Balaban J connectivity index is 2.17. The minimum atomic E-state index is -0.554. The molecule has 0 aliphatic rings. The second-order valence-corrected chi connectivity index (χ2v) is 6.00. The van der Waals surface area contributed by atoms with Gasteiger partial charge in [-0.1, -0.05) is 53.5 Å². The van der Waals surface area contributed by atoms with Crippen LogP contribution in [0, 0.1) is 5.92 Å². The lowest BCUT2D eigenvalue weighted by Gasteiger charge is -2.14. The first-order valence-electron chi connectivity index (χ1n) is 7.11. The molecule has 0 aromatic heterocycles. The molecule has 1 atom stereocenters. The van der Waals surface area contributed by atoms with Gasteiger partial charge >= 0.3 is 5.97 Å². The number of methoxy groups -OCH3 is 1. The number of halogens is 2. The highest BCUT2D eigenvalue weighted by Gasteiger charge is 2.24. The summed E-state index contributed by atoms with van der Waals surface area (Å²) in [4.78, 5) is 24.5. The maximum atomic E-state index is 12.5. The number of hydrogen-bond acceptors (Lipinski definition) is 3. The summed E-state index contributed by atoms with van der Waals surface area (Å²) in [6.07, 6.45) is 0.466. The largest absolute Gasteiger partial charge is 0.469 e. The lowest BCUT2D eigenvalue weighted by atomic mass is 9.92. The molecule has 23 heavy (non-hydrogen) atoms. The summed E-state index contributed by atoms with van der Waals surface area (Å²) >= 11 is 11.9. The Labute approximate surface area is 145 Å². The van der Waals surface area contributed by atoms with Crippen LogP contribution in [-0.2, 0) is 16.0 Å². The highest BCUT2D eigenvalue weighted by atomic mass is 35.5. The summed E-state index contributed by atoms with van der Waals surface area (Å²) in [5.41, 5.74) is 1.33. The zero-order valence-corrected chi connectivity index (χ0v) is 14.1. The van der Waals surface area contributed by atoms with Crippen LogP contribution in [0.1, 0.15) is 22.3 Å². The molecule has 5 heteroatoms. The minimum Gasteiger partial charge on any atom is -0.469 e. The van der Waals surface area contributed by atoms with Gasteiger partial charge in [0.1, 0.15) is 0 Å². The van der Waals surface area contributed by atoms with E-state index in [9.17, 15) is 9.59 Å². The average Bonchev–Trinajstić information content (AvgIpc) is 2.54. The molecule has 0 radical (unpaired) electrons. The third-order valence-corrected chi connectivity index (χ3v) is 4.07. The summed E-state index contributed by atoms with van der Waals surface area (Å²) in [6, 6.07) is 14.2. The van der Waals surface area contributed by atoms with Crippen LogP contribution in [0.4, 0.5) is 0 Å². The predicted octanol–water partition coefficient (Wildman–Crippen LogP) is 4.60. The zero-order valence-electron chi connectivity index (χ0n) is 12.6. The Hall–Kier alpha value is -1.84. The summed E-state index contributed by atoms with van der Waals surface area (Å²) in [5.74, 6) is -1.17. The Morgan fingerprint density at radius 2 is 1.78 bits per heavy atom. The maximum absolute atomic E-state index is 12.5. The SMILES string of the molecule is COC(=O)C(CC(=O)c1ccc(Cl)cc1Cl)Cc1ccccc1. The Morgan fingerprint density at radius 3 is 2.39 bits per heavy atom. The van der Waals surface area contributed by atoms with Crippen molar-refractivity contribution in [2.45, 2.75) is 12.8 Å². The van der Waals surface area contributed by atoms with Crippen molar-refractivity contribution >= 4 is 35.0 Å². The van der Waals surface area contributed by atoms with Crippen molar-refractivity contribution in [1.29, 1.82) is 0 Å². The number of esters is 1. The highest BCUT2D eigenvalue weighted by molar-refractivity contribution is 6.36. The van der Waals surface area contributed by atoms with Crippen LogP contribution < -0.4 is 0 Å². The molecule has 0 bridgehead atoms. The number of carbonyl (C=O) groups excluding carboxylic acids is 2. The topological polar surface area (TPSA) is 43.4 Å². The quantitative estimate of drug-likeness (QED) is 0.564. The molecule has 0 saturated heterocycles. The number of benzene rings is 2. The van der Waals surface area contributed by atoms with E-state index in [-0.39, 0.29) is 17.2 Å². The molecule has 0 N–H and O–H groups in total. The second kappa shape index (κ2) is 8.14. The molecule has 3 nitrogen and oxygen atoms in total. The molecule has 0 heterocycles. The number of ketones is 1. The lowest BCUT2D eigenvalue weighted by Crippen LogP contribution is -2.22. The molecular formula is C18H16Cl2O3. The van der Waals surface area contributed by atoms with Crippen LogP contribution in [0.15, 0.2) is 48.5 Å². The van der Waals surface area contributed by atoms with E-state index in [1.165, 1.54) is 13.2 Å². The standard InChI is InChI=1S/C18H16Cl2O3/c1-23-18(22)13(9-12-5-3-2-4-6-12)10-17(21)15-8-7-14(19)11-16(15)20/h2-8,11,13H,9-10H2,1H3. The normalized spacial score (nSPS) is 11.8. The summed E-state index contributed by atoms with van der Waals surface area (Å²) < 4.78 is 4.83. The maximum Gasteiger partial charge on any atom is 0.309 e. The van der Waals surface area contributed by atoms with Gasteiger partial charge in [0.15, 0.2) is 5.78 Å². The average molecular weight is 351 g/mol. The molecule has 0 saturated carbocycles. The molecule has 2 aromatic rings. The van der Waals surface area contributed by atoms with Crippen molar-refractivity contribution in [3.8, 4) is 0 Å². The molecule has 0 aliphatic heterocycles. The van der Waals surface area contributed by atoms with Gasteiger partial charge in [0.2, 0.25) is 0 Å². The van der Waals surface area contributed by atoms with Crippen molar-refractivity contribution in [3.63, 3.8) is 0 Å². The molecule has 2 aromatic carbocycles. The first-order valence-corrected chi connectivity index (χ1v) is 7.87. The molecule has 2 rings (SSSR count). The van der Waals surface area contributed by atoms with E-state index < -0.39 is 11.9 Å². The Bertz CT molecular complexity index is 699. The van der Waals surface area contributed by atoms with E-state index in [1.54, 1.807) is 12.1 Å². The highest BCUT2D eigenvalue weighted by Crippen LogP contribution is 2.24. The fourth-order valence-corrected chi connectivity index (χ4v) is 2.87. The molecule has 0 amide bonds. The van der Waals surface area contributed by atoms with Gasteiger partial charge in [-0.2, -0.15) is 0 Å². The predicted molar refractivity (Wildman–Crippen MR) is 91.1 cm³/mol. The van der Waals surface area contributed by atoms with E-state index in [0.717, 1.165) is 5.56 Å². The third kappa shape index (κ3) is 4.81. The van der Waals surface area contributed by atoms with Crippen molar-refractivity contribution < 1.29 is 14.3 Å². The van der Waals surface area contributed by atoms with Crippen molar-refractivity contribution in [2.75, 3.05) is 7.11 Å². The van der Waals surface area contributed by atoms with Gasteiger partial charge in [-0.05, 0) is 30.2 Å². The van der Waals surface area contributed by atoms with E-state index >= 15 is 0 Å². The molecule has 0 aliphatic carbocycles. The Morgan fingerprint density at radius 1 is 1.09 bits per heavy atom. The van der Waals surface area contributed by atoms with Crippen molar-refractivity contribution in [2.24, 2.45) is 5.92 Å². The number of rotatable bonds is 6. The fourth-order valence-electron chi connectivity index (χ4n) is 2.35. The van der Waals surface area contributed by atoms with Gasteiger partial charge in [0.05, 0.1) is 18.1 Å². The van der Waals surface area contributed by atoms with Gasteiger partial charge in [-0.3, -0.25) is 9.59 Å². The van der Waals surface area contributed by atoms with Crippen LogP contribution in [-0.4, -0.2) is 18.9 Å². The number of hydrogen-bond donors (Lipinski definition) is 0. The van der Waals surface area contributed by atoms with Gasteiger partial charge in [-0.15, -0.1) is 0 Å². The molecular weight excluding hydrogens is 335 g/mol. The van der Waals surface area contributed by atoms with Gasteiger partial charge in [0.25, 0.3) is 0 Å². The molecule has 0 spiro atoms. The Kier molecular flexibility index (Phi) is 6.20. The minimum absolute atomic E-state index is 0.0307. The summed E-state index contributed by atoms with van der Waals surface area (Å²) in [7, 11) is 1.32. The van der Waals surface area contributed by atoms with E-state index in [0.29, 0.717) is 17.0 Å². The first-order chi connectivity index (χ1) is 11.0. The summed E-state index contributed by atoms with van der Waals surface area (Å²) in [5, 5.41) is 0.742. The monoisotopic (exact) mass is 350 g/mol. The zero-order chi connectivity index (χ0) is 16.8. The van der Waals surface area contributed by atoms with Crippen LogP contribution in [0.3, 0.4) is 0 Å². The lowest BCUT2D eigenvalue weighted by molar-refractivity contribution is -0.145. The van der Waals surface area contributed by atoms with E-state index in [2.05, 4.69) is 0 Å². The van der Waals surface area contributed by atoms with E-state index in [1.807, 2.05) is 30.3 Å². The number of Topliss-reactive ketones (excluding diaryl/α,β-unsaturated/α-hetero) is 1. The van der Waals surface area contributed by atoms with Crippen LogP contribution in [0.2, 0.25) is 10.0 Å². The fraction of sp³-hybridized carbons (Fsp3) is 0.222. The molecule has 0 fully saturated rings.